The summed E-state index contributed by atoms with van der Waals surface area (Å²) in [5.74, 6) is -5.12. The van der Waals surface area contributed by atoms with Crippen LogP contribution in [0.3, 0.4) is 0 Å². The molecule has 0 unspecified atom stereocenters. The number of hydrogen-bond acceptors (Lipinski definition) is 19. The number of carbonyl (C=O) groups is 9. The standard InChI is InChI=1S/C49H73N13O13S2/c50-15-3-1-8-31(43(65)55-19-6-17-52)57-46(68)34(60-45(67)33(24-41(54)63)59-42(64)29-11-13-37-39(22-29)74-27-72-37)25-76-77-26-35(47(69)58-32(9-2-4-16-51)44(66)56-20-7-18-53)61-48(70)36-10-5-21-62(36)49(71)30-12-14-38-40(23-30)75-28-73-38/h11-14,22-23,31-36H,1-10,15-21,24-28,50-53H2,(H2,54,63)(H,55,65)(H,56,66)(H,57,68)(H,58,69)(H,59,64)(H,60,67)(H,61,70)/t31-,32-,33-,34-,35-,36-/m0/s1. The Morgan fingerprint density at radius 1 is 0.545 bits per heavy atom. The first-order valence-corrected chi connectivity index (χ1v) is 28.2. The monoisotopic (exact) mass is 1120 g/mol. The predicted octanol–water partition coefficient (Wildman–Crippen LogP) is -2.07. The number of carbonyl (C=O) groups excluding carboxylic acids is 9. The Morgan fingerprint density at radius 3 is 1.53 bits per heavy atom. The number of hydrogen-bond donors (Lipinski definition) is 12. The molecule has 1 fully saturated rings. The van der Waals surface area contributed by atoms with Crippen LogP contribution < -0.4 is 84.8 Å². The Bertz CT molecular complexity index is 2370. The normalized spacial score (nSPS) is 16.0. The number of nitrogens with two attached hydrogens (primary N) is 5. The smallest absolute Gasteiger partial charge is 0.254 e. The van der Waals surface area contributed by atoms with Gasteiger partial charge >= 0.3 is 0 Å². The van der Waals surface area contributed by atoms with Crippen molar-refractivity contribution in [1.82, 2.24) is 42.1 Å². The van der Waals surface area contributed by atoms with Gasteiger partial charge in [0, 0.05) is 42.3 Å². The molecule has 0 bridgehead atoms. The van der Waals surface area contributed by atoms with Crippen molar-refractivity contribution in [2.45, 2.75) is 107 Å². The summed E-state index contributed by atoms with van der Waals surface area (Å²) in [6.45, 7) is 1.98. The van der Waals surface area contributed by atoms with E-state index in [0.29, 0.717) is 88.4 Å². The molecule has 424 valence electrons. The van der Waals surface area contributed by atoms with Gasteiger partial charge in [0.05, 0.1) is 6.42 Å². The molecular weight excluding hydrogens is 1040 g/mol. The fourth-order valence-electron chi connectivity index (χ4n) is 8.25. The van der Waals surface area contributed by atoms with E-state index in [1.807, 2.05) is 0 Å². The fraction of sp³-hybridized carbons (Fsp3) is 0.571. The van der Waals surface area contributed by atoms with Gasteiger partial charge in [0.2, 0.25) is 54.9 Å². The maximum Gasteiger partial charge on any atom is 0.254 e. The first-order valence-electron chi connectivity index (χ1n) is 25.7. The van der Waals surface area contributed by atoms with Crippen LogP contribution in [-0.2, 0) is 33.6 Å². The van der Waals surface area contributed by atoms with Gasteiger partial charge in [0.15, 0.2) is 23.0 Å². The van der Waals surface area contributed by atoms with Crippen molar-refractivity contribution in [3.63, 3.8) is 0 Å². The minimum absolute atomic E-state index is 0.000843. The van der Waals surface area contributed by atoms with Gasteiger partial charge in [-0.2, -0.15) is 0 Å². The van der Waals surface area contributed by atoms with E-state index in [1.165, 1.54) is 29.2 Å². The maximum atomic E-state index is 14.4. The lowest BCUT2D eigenvalue weighted by Crippen LogP contribution is -2.58. The van der Waals surface area contributed by atoms with Crippen LogP contribution in [0.25, 0.3) is 0 Å². The van der Waals surface area contributed by atoms with Crippen LogP contribution in [-0.4, -0.2) is 165 Å². The third kappa shape index (κ3) is 19.1. The molecule has 0 aromatic heterocycles. The molecular formula is C49H73N13O13S2. The average molecular weight is 1120 g/mol. The summed E-state index contributed by atoms with van der Waals surface area (Å²) in [5, 5.41) is 19.0. The van der Waals surface area contributed by atoms with Crippen molar-refractivity contribution in [2.75, 3.05) is 70.9 Å². The molecule has 3 aliphatic heterocycles. The molecule has 28 heteroatoms. The van der Waals surface area contributed by atoms with Gasteiger partial charge in [0.1, 0.15) is 36.3 Å². The number of likely N-dealkylation sites (tertiary alicyclic amines) is 1. The van der Waals surface area contributed by atoms with Crippen LogP contribution in [0.5, 0.6) is 23.0 Å². The second-order valence-corrected chi connectivity index (χ2v) is 20.8. The predicted molar refractivity (Wildman–Crippen MR) is 286 cm³/mol. The summed E-state index contributed by atoms with van der Waals surface area (Å²) in [4.78, 5) is 125. The first-order chi connectivity index (χ1) is 37.2. The number of ether oxygens (including phenoxy) is 4. The topological polar surface area (TPSA) is 408 Å². The van der Waals surface area contributed by atoms with E-state index in [-0.39, 0.29) is 80.9 Å². The Labute approximate surface area is 454 Å². The lowest BCUT2D eigenvalue weighted by Gasteiger charge is -2.28. The Balaban J connectivity index is 1.38. The van der Waals surface area contributed by atoms with E-state index in [2.05, 4.69) is 37.2 Å². The molecule has 0 saturated carbocycles. The summed E-state index contributed by atoms with van der Waals surface area (Å²) >= 11 is 0. The Hall–Kier alpha value is -6.59. The van der Waals surface area contributed by atoms with Crippen molar-refractivity contribution in [1.29, 1.82) is 0 Å². The van der Waals surface area contributed by atoms with E-state index >= 15 is 0 Å². The largest absolute Gasteiger partial charge is 0.454 e. The molecule has 5 rings (SSSR count). The zero-order chi connectivity index (χ0) is 55.7. The summed E-state index contributed by atoms with van der Waals surface area (Å²) in [6.07, 6.45) is 3.54. The molecule has 9 amide bonds. The first kappa shape index (κ1) is 61.3. The van der Waals surface area contributed by atoms with Gasteiger partial charge in [-0.25, -0.2) is 0 Å². The van der Waals surface area contributed by atoms with Crippen molar-refractivity contribution in [2.24, 2.45) is 28.7 Å². The average Bonchev–Trinajstić information content (AvgIpc) is 4.23. The van der Waals surface area contributed by atoms with Crippen LogP contribution in [0.4, 0.5) is 0 Å². The van der Waals surface area contributed by atoms with Crippen LogP contribution >= 0.6 is 21.6 Å². The second-order valence-electron chi connectivity index (χ2n) is 18.2. The third-order valence-electron chi connectivity index (χ3n) is 12.4. The summed E-state index contributed by atoms with van der Waals surface area (Å²) in [7, 11) is 2.04. The molecule has 2 aromatic carbocycles. The molecule has 77 heavy (non-hydrogen) atoms. The number of unbranched alkanes of at least 4 members (excludes halogenated alkanes) is 2. The quantitative estimate of drug-likeness (QED) is 0.0265. The van der Waals surface area contributed by atoms with Crippen molar-refractivity contribution >= 4 is 74.8 Å². The van der Waals surface area contributed by atoms with E-state index in [4.69, 9.17) is 47.6 Å². The Morgan fingerprint density at radius 2 is 1.01 bits per heavy atom. The van der Waals surface area contributed by atoms with Crippen LogP contribution in [0.15, 0.2) is 36.4 Å². The highest BCUT2D eigenvalue weighted by molar-refractivity contribution is 8.76. The van der Waals surface area contributed by atoms with Crippen molar-refractivity contribution < 1.29 is 62.1 Å². The lowest BCUT2D eigenvalue weighted by molar-refractivity contribution is -0.132. The van der Waals surface area contributed by atoms with Gasteiger partial charge < -0.3 is 89.7 Å². The zero-order valence-corrected chi connectivity index (χ0v) is 44.6. The third-order valence-corrected chi connectivity index (χ3v) is 14.9. The van der Waals surface area contributed by atoms with Gasteiger partial charge in [-0.15, -0.1) is 0 Å². The molecule has 17 N–H and O–H groups in total. The van der Waals surface area contributed by atoms with Crippen molar-refractivity contribution in [3.8, 4) is 23.0 Å². The molecule has 0 radical (unpaired) electrons. The second kappa shape index (κ2) is 32.2. The number of nitrogens with zero attached hydrogens (tertiary/aromatic N) is 1. The highest BCUT2D eigenvalue weighted by Gasteiger charge is 2.38. The molecule has 1 saturated heterocycles. The van der Waals surface area contributed by atoms with Crippen LogP contribution in [0.1, 0.15) is 91.3 Å². The minimum Gasteiger partial charge on any atom is -0.454 e. The highest BCUT2D eigenvalue weighted by Crippen LogP contribution is 2.34. The van der Waals surface area contributed by atoms with Crippen molar-refractivity contribution in [3.05, 3.63) is 47.5 Å². The minimum atomic E-state index is -1.58. The summed E-state index contributed by atoms with van der Waals surface area (Å²) in [6, 6.07) is 1.61. The number of nitrogens with one attached hydrogen (secondary N) is 7. The van der Waals surface area contributed by atoms with E-state index in [9.17, 15) is 43.2 Å². The molecule has 3 heterocycles. The lowest BCUT2D eigenvalue weighted by atomic mass is 10.1. The van der Waals surface area contributed by atoms with Gasteiger partial charge in [0.25, 0.3) is 11.8 Å². The number of rotatable bonds is 34. The van der Waals surface area contributed by atoms with E-state index in [1.54, 1.807) is 12.1 Å². The highest BCUT2D eigenvalue weighted by atomic mass is 33.1. The molecule has 0 spiro atoms. The fourth-order valence-corrected chi connectivity index (χ4v) is 10.6. The molecule has 3 aliphatic rings. The summed E-state index contributed by atoms with van der Waals surface area (Å²) < 4.78 is 21.6. The molecule has 0 aliphatic carbocycles. The zero-order valence-electron chi connectivity index (χ0n) is 42.9. The van der Waals surface area contributed by atoms with Crippen LogP contribution in [0, 0.1) is 0 Å². The SMILES string of the molecule is NCCCC[C@H](NC(=O)[C@H](CSSC[C@H](NC(=O)[C@@H]1CCCN1C(=O)c1ccc2c(c1)OCO2)C(=O)N[C@@H](CCCCN)C(=O)NCCCN)NC(=O)[C@H](CC(N)=O)NC(=O)c1ccc2c(c1)OCO2)C(=O)NCCCN. The van der Waals surface area contributed by atoms with Gasteiger partial charge in [-0.3, -0.25) is 43.2 Å². The van der Waals surface area contributed by atoms with Crippen LogP contribution in [0.2, 0.25) is 0 Å². The van der Waals surface area contributed by atoms with Gasteiger partial charge in [-0.05, 0) is 127 Å². The number of amides is 9. The van der Waals surface area contributed by atoms with E-state index in [0.717, 1.165) is 21.6 Å². The number of benzene rings is 2. The molecule has 26 nitrogen and oxygen atoms in total. The molecule has 6 atom stereocenters. The summed E-state index contributed by atoms with van der Waals surface area (Å²) in [5.41, 5.74) is 28.6. The molecule has 2 aromatic rings. The Kier molecular flexibility index (Phi) is 25.6. The van der Waals surface area contributed by atoms with Gasteiger partial charge in [-0.1, -0.05) is 21.6 Å². The number of primary amides is 1. The maximum absolute atomic E-state index is 14.4. The van der Waals surface area contributed by atoms with E-state index < -0.39 is 95.8 Å². The number of fused-ring (bicyclic) bond motifs is 2.